The number of ether oxygens (including phenoxy) is 1. The molecule has 0 aliphatic rings. The SMILES string of the molecule is COc1cc([N+](=O)[O-])ccc1NC(=O)CCCCl. The number of hydrogen-bond acceptors (Lipinski definition) is 4. The van der Waals surface area contributed by atoms with Gasteiger partial charge < -0.3 is 10.1 Å². The maximum Gasteiger partial charge on any atom is 0.273 e. The van der Waals surface area contributed by atoms with E-state index in [-0.39, 0.29) is 17.3 Å². The number of non-ortho nitro benzene ring substituents is 1. The Kier molecular flexibility index (Phi) is 5.38. The highest BCUT2D eigenvalue weighted by Crippen LogP contribution is 2.29. The third kappa shape index (κ3) is 3.89. The molecule has 0 radical (unpaired) electrons. The molecule has 98 valence electrons. The van der Waals surface area contributed by atoms with Crippen molar-refractivity contribution in [1.29, 1.82) is 0 Å². The van der Waals surface area contributed by atoms with Gasteiger partial charge >= 0.3 is 0 Å². The van der Waals surface area contributed by atoms with Crippen molar-refractivity contribution in [3.05, 3.63) is 28.3 Å². The van der Waals surface area contributed by atoms with Gasteiger partial charge in [-0.05, 0) is 12.5 Å². The van der Waals surface area contributed by atoms with E-state index in [1.807, 2.05) is 0 Å². The van der Waals surface area contributed by atoms with E-state index in [0.717, 1.165) is 0 Å². The molecule has 7 heteroatoms. The van der Waals surface area contributed by atoms with Crippen molar-refractivity contribution in [2.45, 2.75) is 12.8 Å². The number of halogens is 1. The molecule has 0 aromatic heterocycles. The van der Waals surface area contributed by atoms with Gasteiger partial charge in [0.15, 0.2) is 0 Å². The molecule has 0 aliphatic carbocycles. The summed E-state index contributed by atoms with van der Waals surface area (Å²) < 4.78 is 5.00. The summed E-state index contributed by atoms with van der Waals surface area (Å²) in [7, 11) is 1.38. The minimum absolute atomic E-state index is 0.0920. The number of nitro groups is 1. The van der Waals surface area contributed by atoms with E-state index >= 15 is 0 Å². The molecule has 1 aromatic carbocycles. The molecule has 1 rings (SSSR count). The van der Waals surface area contributed by atoms with Crippen LogP contribution in [0.15, 0.2) is 18.2 Å². The summed E-state index contributed by atoms with van der Waals surface area (Å²) in [6.45, 7) is 0. The summed E-state index contributed by atoms with van der Waals surface area (Å²) in [5.74, 6) is 0.455. The second-order valence-electron chi connectivity index (χ2n) is 3.48. The number of carbonyl (C=O) groups is 1. The fourth-order valence-electron chi connectivity index (χ4n) is 1.34. The Morgan fingerprint density at radius 3 is 2.83 bits per heavy atom. The van der Waals surface area contributed by atoms with Crippen LogP contribution in [-0.2, 0) is 4.79 Å². The van der Waals surface area contributed by atoms with E-state index in [9.17, 15) is 14.9 Å². The zero-order chi connectivity index (χ0) is 13.5. The number of hydrogen-bond donors (Lipinski definition) is 1. The zero-order valence-electron chi connectivity index (χ0n) is 9.81. The van der Waals surface area contributed by atoms with Gasteiger partial charge in [0.25, 0.3) is 5.69 Å². The molecule has 1 aromatic rings. The fraction of sp³-hybridized carbons (Fsp3) is 0.364. The molecule has 0 heterocycles. The molecule has 0 atom stereocenters. The molecule has 0 bridgehead atoms. The Labute approximate surface area is 109 Å². The molecule has 0 spiro atoms. The molecule has 1 N–H and O–H groups in total. The van der Waals surface area contributed by atoms with Gasteiger partial charge in [-0.25, -0.2) is 0 Å². The lowest BCUT2D eigenvalue weighted by Crippen LogP contribution is -2.12. The largest absolute Gasteiger partial charge is 0.494 e. The smallest absolute Gasteiger partial charge is 0.273 e. The van der Waals surface area contributed by atoms with Crippen LogP contribution in [-0.4, -0.2) is 23.8 Å². The molecule has 0 saturated heterocycles. The highest BCUT2D eigenvalue weighted by molar-refractivity contribution is 6.18. The standard InChI is InChI=1S/C11H13ClN2O4/c1-18-10-7-8(14(16)17)4-5-9(10)13-11(15)3-2-6-12/h4-5,7H,2-3,6H2,1H3,(H,13,15). The molecule has 0 aliphatic heterocycles. The number of carbonyl (C=O) groups excluding carboxylic acids is 1. The van der Waals surface area contributed by atoms with E-state index in [1.54, 1.807) is 0 Å². The topological polar surface area (TPSA) is 81.5 Å². The summed E-state index contributed by atoms with van der Waals surface area (Å²) in [6, 6.07) is 4.01. The molecule has 18 heavy (non-hydrogen) atoms. The van der Waals surface area contributed by atoms with E-state index in [4.69, 9.17) is 16.3 Å². The van der Waals surface area contributed by atoms with Crippen LogP contribution in [0.1, 0.15) is 12.8 Å². The highest BCUT2D eigenvalue weighted by atomic mass is 35.5. The molecule has 1 amide bonds. The minimum Gasteiger partial charge on any atom is -0.494 e. The average molecular weight is 273 g/mol. The molecular formula is C11H13ClN2O4. The Balaban J connectivity index is 2.82. The number of nitrogens with one attached hydrogen (secondary N) is 1. The lowest BCUT2D eigenvalue weighted by atomic mass is 10.2. The van der Waals surface area contributed by atoms with Gasteiger partial charge in [-0.15, -0.1) is 11.6 Å². The summed E-state index contributed by atoms with van der Waals surface area (Å²) in [6.07, 6.45) is 0.867. The van der Waals surface area contributed by atoms with Gasteiger partial charge in [0.2, 0.25) is 5.91 Å². The van der Waals surface area contributed by atoms with Crippen LogP contribution >= 0.6 is 11.6 Å². The van der Waals surface area contributed by atoms with E-state index < -0.39 is 4.92 Å². The lowest BCUT2D eigenvalue weighted by molar-refractivity contribution is -0.384. The average Bonchev–Trinajstić information content (AvgIpc) is 2.36. The van der Waals surface area contributed by atoms with Crippen LogP contribution in [0.5, 0.6) is 5.75 Å². The van der Waals surface area contributed by atoms with Gasteiger partial charge in [-0.2, -0.15) is 0 Å². The molecule has 6 nitrogen and oxygen atoms in total. The first-order chi connectivity index (χ1) is 8.58. The summed E-state index contributed by atoms with van der Waals surface area (Å²) in [5, 5.41) is 13.2. The van der Waals surface area contributed by atoms with Crippen LogP contribution in [0.25, 0.3) is 0 Å². The first kappa shape index (κ1) is 14.2. The van der Waals surface area contributed by atoms with Gasteiger partial charge in [0.05, 0.1) is 23.8 Å². The molecular weight excluding hydrogens is 260 g/mol. The third-order valence-corrected chi connectivity index (χ3v) is 2.47. The number of nitro benzene ring substituents is 1. The van der Waals surface area contributed by atoms with Crippen LogP contribution in [0.3, 0.4) is 0 Å². The van der Waals surface area contributed by atoms with Crippen molar-refractivity contribution in [3.8, 4) is 5.75 Å². The monoisotopic (exact) mass is 272 g/mol. The van der Waals surface area contributed by atoms with Gasteiger partial charge in [-0.1, -0.05) is 0 Å². The van der Waals surface area contributed by atoms with Gasteiger partial charge in [0, 0.05) is 18.4 Å². The fourth-order valence-corrected chi connectivity index (χ4v) is 1.47. The van der Waals surface area contributed by atoms with Crippen LogP contribution in [0.4, 0.5) is 11.4 Å². The highest BCUT2D eigenvalue weighted by Gasteiger charge is 2.12. The van der Waals surface area contributed by atoms with Gasteiger partial charge in [0.1, 0.15) is 5.75 Å². The number of methoxy groups -OCH3 is 1. The zero-order valence-corrected chi connectivity index (χ0v) is 10.6. The van der Waals surface area contributed by atoms with Crippen LogP contribution in [0.2, 0.25) is 0 Å². The Morgan fingerprint density at radius 2 is 2.28 bits per heavy atom. The van der Waals surface area contributed by atoms with Crippen molar-refractivity contribution in [1.82, 2.24) is 0 Å². The molecule has 0 unspecified atom stereocenters. The summed E-state index contributed by atoms with van der Waals surface area (Å²) >= 11 is 5.48. The van der Waals surface area contributed by atoms with E-state index in [1.165, 1.54) is 25.3 Å². The van der Waals surface area contributed by atoms with Crippen molar-refractivity contribution < 1.29 is 14.5 Å². The maximum absolute atomic E-state index is 11.5. The number of anilines is 1. The first-order valence-corrected chi connectivity index (χ1v) is 5.80. The second-order valence-corrected chi connectivity index (χ2v) is 3.86. The minimum atomic E-state index is -0.526. The van der Waals surface area contributed by atoms with Crippen molar-refractivity contribution in [2.75, 3.05) is 18.3 Å². The number of nitrogens with zero attached hydrogens (tertiary/aromatic N) is 1. The number of benzene rings is 1. The van der Waals surface area contributed by atoms with Crippen molar-refractivity contribution in [2.24, 2.45) is 0 Å². The maximum atomic E-state index is 11.5. The Hall–Kier alpha value is -1.82. The predicted molar refractivity (Wildman–Crippen MR) is 68.2 cm³/mol. The van der Waals surface area contributed by atoms with E-state index in [0.29, 0.717) is 24.4 Å². The first-order valence-electron chi connectivity index (χ1n) is 5.26. The normalized spacial score (nSPS) is 9.89. The number of amides is 1. The number of rotatable bonds is 6. The molecule has 0 fully saturated rings. The quantitative estimate of drug-likeness (QED) is 0.490. The van der Waals surface area contributed by atoms with Crippen molar-refractivity contribution in [3.63, 3.8) is 0 Å². The number of alkyl halides is 1. The third-order valence-electron chi connectivity index (χ3n) is 2.21. The Morgan fingerprint density at radius 1 is 1.56 bits per heavy atom. The van der Waals surface area contributed by atoms with Crippen LogP contribution in [0, 0.1) is 10.1 Å². The Bertz CT molecular complexity index is 451. The van der Waals surface area contributed by atoms with Crippen molar-refractivity contribution >= 4 is 28.9 Å². The summed E-state index contributed by atoms with van der Waals surface area (Å²) in [4.78, 5) is 21.6. The van der Waals surface area contributed by atoms with Crippen LogP contribution < -0.4 is 10.1 Å². The lowest BCUT2D eigenvalue weighted by Gasteiger charge is -2.09. The molecule has 0 saturated carbocycles. The predicted octanol–water partition coefficient (Wildman–Crippen LogP) is 2.56. The van der Waals surface area contributed by atoms with E-state index in [2.05, 4.69) is 5.32 Å². The summed E-state index contributed by atoms with van der Waals surface area (Å²) in [5.41, 5.74) is 0.313. The second kappa shape index (κ2) is 6.80. The van der Waals surface area contributed by atoms with Gasteiger partial charge in [-0.3, -0.25) is 14.9 Å².